The van der Waals surface area contributed by atoms with Crippen molar-refractivity contribution in [3.63, 3.8) is 0 Å². The van der Waals surface area contributed by atoms with Crippen molar-refractivity contribution in [2.24, 2.45) is 0 Å². The topological polar surface area (TPSA) is 12.9 Å². The summed E-state index contributed by atoms with van der Waals surface area (Å²) in [7, 11) is 0. The van der Waals surface area contributed by atoms with E-state index in [1.54, 1.807) is 0 Å². The van der Waals surface area contributed by atoms with Gasteiger partial charge in [0.15, 0.2) is 0 Å². The average molecular weight is 302 g/mol. The van der Waals surface area contributed by atoms with Crippen LogP contribution in [0.2, 0.25) is 0 Å². The van der Waals surface area contributed by atoms with E-state index < -0.39 is 0 Å². The van der Waals surface area contributed by atoms with Crippen molar-refractivity contribution in [2.45, 2.75) is 0 Å². The maximum atomic E-state index is 4.18. The first-order valence-corrected chi connectivity index (χ1v) is 3.26. The second kappa shape index (κ2) is 9.67. The third-order valence-electron chi connectivity index (χ3n) is 1.51. The fraction of sp³-hybridized carbons (Fsp3) is 0. The summed E-state index contributed by atoms with van der Waals surface area (Å²) in [5.74, 6) is 0. The number of para-hydroxylation sites is 1. The zero-order chi connectivity index (χ0) is 6.81. The Bertz CT molecular complexity index is 291. The van der Waals surface area contributed by atoms with Crippen LogP contribution in [-0.2, 0) is 19.5 Å². The zero-order valence-corrected chi connectivity index (χ0v) is 12.7. The van der Waals surface area contributed by atoms with Crippen molar-refractivity contribution in [1.29, 1.82) is 0 Å². The van der Waals surface area contributed by atoms with E-state index in [0.29, 0.717) is 0 Å². The molecule has 2 aromatic rings. The molecule has 0 fully saturated rings. The third-order valence-corrected chi connectivity index (χ3v) is 1.51. The molecule has 72 valence electrons. The first kappa shape index (κ1) is 19.7. The number of fused-ring (bicyclic) bond motifs is 1. The standard InChI is InChI=1S/C9H7N.3ClH.Zn/c1-2-6-9-8(4-1)5-3-7-10-9;;;;/h1-7H;3*1H;/q;;;;+2/p-2. The van der Waals surface area contributed by atoms with Gasteiger partial charge < -0.3 is 24.8 Å². The molecule has 1 heterocycles. The molecule has 0 N–H and O–H groups in total. The van der Waals surface area contributed by atoms with Gasteiger partial charge >= 0.3 is 19.5 Å². The molecule has 0 saturated heterocycles. The Kier molecular flexibility index (Phi) is 13.6. The number of aromatic nitrogens is 1. The van der Waals surface area contributed by atoms with Crippen LogP contribution in [0.25, 0.3) is 10.9 Å². The molecule has 2 rings (SSSR count). The normalized spacial score (nSPS) is 7.14. The molecule has 0 aliphatic rings. The number of hydrogen-bond acceptors (Lipinski definition) is 1. The quantitative estimate of drug-likeness (QED) is 0.464. The van der Waals surface area contributed by atoms with Crippen LogP contribution in [0.3, 0.4) is 0 Å². The number of hydrogen-bond donors (Lipinski definition) is 0. The molecule has 0 bridgehead atoms. The van der Waals surface area contributed by atoms with Crippen molar-refractivity contribution in [1.82, 2.24) is 4.98 Å². The molecular formula is C9H8Cl3NZn. The molecule has 14 heavy (non-hydrogen) atoms. The van der Waals surface area contributed by atoms with Crippen molar-refractivity contribution in [3.8, 4) is 0 Å². The van der Waals surface area contributed by atoms with Crippen LogP contribution in [0.4, 0.5) is 0 Å². The van der Waals surface area contributed by atoms with Crippen molar-refractivity contribution in [3.05, 3.63) is 42.6 Å². The maximum Gasteiger partial charge on any atom is 2.00 e. The van der Waals surface area contributed by atoms with Gasteiger partial charge in [-0.3, -0.25) is 4.98 Å². The van der Waals surface area contributed by atoms with Gasteiger partial charge in [0.2, 0.25) is 0 Å². The van der Waals surface area contributed by atoms with Crippen LogP contribution in [0.5, 0.6) is 0 Å². The Labute approximate surface area is 115 Å². The monoisotopic (exact) mass is 299 g/mol. The van der Waals surface area contributed by atoms with Gasteiger partial charge in [-0.25, -0.2) is 0 Å². The third kappa shape index (κ3) is 4.57. The molecule has 0 saturated carbocycles. The minimum Gasteiger partial charge on any atom is -1.00 e. The fourth-order valence-electron chi connectivity index (χ4n) is 1.02. The Morgan fingerprint density at radius 2 is 1.43 bits per heavy atom. The second-order valence-electron chi connectivity index (χ2n) is 2.20. The van der Waals surface area contributed by atoms with Gasteiger partial charge in [0.05, 0.1) is 5.52 Å². The summed E-state index contributed by atoms with van der Waals surface area (Å²) in [6.45, 7) is 0. The van der Waals surface area contributed by atoms with Gasteiger partial charge in [0.25, 0.3) is 0 Å². The van der Waals surface area contributed by atoms with Gasteiger partial charge in [-0.2, -0.15) is 0 Å². The second-order valence-corrected chi connectivity index (χ2v) is 2.20. The summed E-state index contributed by atoms with van der Waals surface area (Å²) < 4.78 is 0. The minimum atomic E-state index is 0. The predicted octanol–water partition coefficient (Wildman–Crippen LogP) is -3.34. The van der Waals surface area contributed by atoms with Crippen molar-refractivity contribution in [2.75, 3.05) is 0 Å². The zero-order valence-electron chi connectivity index (χ0n) is 7.36. The van der Waals surface area contributed by atoms with E-state index in [2.05, 4.69) is 17.1 Å². The Balaban J connectivity index is -0.000000302. The molecule has 0 aliphatic heterocycles. The van der Waals surface area contributed by atoms with Crippen LogP contribution in [-0.4, -0.2) is 4.98 Å². The Hall–Kier alpha value is 0.123. The van der Waals surface area contributed by atoms with E-state index in [1.165, 1.54) is 5.39 Å². The van der Waals surface area contributed by atoms with Gasteiger partial charge in [-0.15, -0.1) is 12.4 Å². The van der Waals surface area contributed by atoms with Crippen molar-refractivity contribution >= 4 is 23.3 Å². The van der Waals surface area contributed by atoms with E-state index in [-0.39, 0.29) is 56.7 Å². The van der Waals surface area contributed by atoms with Gasteiger partial charge in [0, 0.05) is 11.6 Å². The minimum absolute atomic E-state index is 0. The van der Waals surface area contributed by atoms with Crippen LogP contribution in [0.1, 0.15) is 0 Å². The molecule has 0 atom stereocenters. The summed E-state index contributed by atoms with van der Waals surface area (Å²) in [4.78, 5) is 4.18. The maximum absolute atomic E-state index is 4.18. The predicted molar refractivity (Wildman–Crippen MR) is 49.0 cm³/mol. The van der Waals surface area contributed by atoms with Crippen molar-refractivity contribution < 1.29 is 44.3 Å². The molecule has 0 spiro atoms. The number of halogens is 3. The molecule has 1 nitrogen and oxygen atoms in total. The van der Waals surface area contributed by atoms with E-state index in [4.69, 9.17) is 0 Å². The molecule has 0 aliphatic carbocycles. The van der Waals surface area contributed by atoms with E-state index in [1.807, 2.05) is 30.5 Å². The van der Waals surface area contributed by atoms with E-state index >= 15 is 0 Å². The van der Waals surface area contributed by atoms with Crippen LogP contribution >= 0.6 is 12.4 Å². The molecular weight excluding hydrogens is 294 g/mol. The molecule has 1 aromatic heterocycles. The molecule has 5 heteroatoms. The Morgan fingerprint density at radius 3 is 2.07 bits per heavy atom. The average Bonchev–Trinajstić information content (AvgIpc) is 2.05. The molecule has 0 unspecified atom stereocenters. The summed E-state index contributed by atoms with van der Waals surface area (Å²) in [6.07, 6.45) is 1.81. The number of nitrogens with zero attached hydrogens (tertiary/aromatic N) is 1. The fourth-order valence-corrected chi connectivity index (χ4v) is 1.02. The summed E-state index contributed by atoms with van der Waals surface area (Å²) >= 11 is 0. The molecule has 1 aromatic carbocycles. The van der Waals surface area contributed by atoms with Gasteiger partial charge in [-0.05, 0) is 12.1 Å². The van der Waals surface area contributed by atoms with Gasteiger partial charge in [0.1, 0.15) is 0 Å². The number of rotatable bonds is 0. The summed E-state index contributed by atoms with van der Waals surface area (Å²) in [5.41, 5.74) is 1.06. The SMILES string of the molecule is Cl.[Cl-].[Cl-].[Zn+2].c1ccc2ncccc2c1. The number of pyridine rings is 1. The largest absolute Gasteiger partial charge is 2.00 e. The Morgan fingerprint density at radius 1 is 0.857 bits per heavy atom. The van der Waals surface area contributed by atoms with E-state index in [9.17, 15) is 0 Å². The number of benzene rings is 1. The smallest absolute Gasteiger partial charge is 1.00 e. The first-order chi connectivity index (χ1) is 4.97. The summed E-state index contributed by atoms with van der Waals surface area (Å²) in [6, 6.07) is 12.1. The first-order valence-electron chi connectivity index (χ1n) is 3.26. The van der Waals surface area contributed by atoms with Gasteiger partial charge in [-0.1, -0.05) is 24.3 Å². The summed E-state index contributed by atoms with van der Waals surface area (Å²) in [5, 5.41) is 1.20. The molecule has 0 amide bonds. The molecule has 0 radical (unpaired) electrons. The van der Waals surface area contributed by atoms with E-state index in [0.717, 1.165) is 5.52 Å². The van der Waals surface area contributed by atoms with Crippen LogP contribution in [0, 0.1) is 0 Å². The van der Waals surface area contributed by atoms with Crippen LogP contribution in [0.15, 0.2) is 42.6 Å². The van der Waals surface area contributed by atoms with Crippen LogP contribution < -0.4 is 24.8 Å².